The van der Waals surface area contributed by atoms with Crippen LogP contribution in [0.4, 0.5) is 0 Å². The predicted octanol–water partition coefficient (Wildman–Crippen LogP) is 2.42. The Kier molecular flexibility index (Phi) is 5.31. The molecule has 1 fully saturated rings. The van der Waals surface area contributed by atoms with E-state index in [-0.39, 0.29) is 10.7 Å². The fourth-order valence-corrected chi connectivity index (χ4v) is 2.66. The van der Waals surface area contributed by atoms with E-state index < -0.39 is 0 Å². The Morgan fingerprint density at radius 3 is 2.50 bits per heavy atom. The van der Waals surface area contributed by atoms with Crippen molar-refractivity contribution in [1.82, 2.24) is 5.32 Å². The molecular weight excluding hydrogens is 262 g/mol. The van der Waals surface area contributed by atoms with Crippen molar-refractivity contribution < 1.29 is 4.79 Å². The summed E-state index contributed by atoms with van der Waals surface area (Å²) < 4.78 is 0. The van der Waals surface area contributed by atoms with Crippen LogP contribution in [-0.4, -0.2) is 28.3 Å². The van der Waals surface area contributed by atoms with Crippen LogP contribution in [0.2, 0.25) is 0 Å². The fraction of sp³-hybridized carbons (Fsp3) is 0.900. The van der Waals surface area contributed by atoms with Gasteiger partial charge in [0.15, 0.2) is 0 Å². The van der Waals surface area contributed by atoms with E-state index in [1.54, 1.807) is 0 Å². The standard InChI is InChI=1S/C10H18BrNOS/c1-7(2)9(11)10(13)12-8-3-5-14-6-4-8/h7-9H,3-6H2,1-2H3,(H,12,13). The smallest absolute Gasteiger partial charge is 0.234 e. The molecule has 0 aromatic rings. The number of hydrogen-bond donors (Lipinski definition) is 1. The minimum absolute atomic E-state index is 0.0444. The molecule has 0 bridgehead atoms. The zero-order valence-electron chi connectivity index (χ0n) is 8.75. The van der Waals surface area contributed by atoms with Gasteiger partial charge in [0.2, 0.25) is 5.91 Å². The molecule has 1 aliphatic rings. The second kappa shape index (κ2) is 6.01. The van der Waals surface area contributed by atoms with Crippen LogP contribution >= 0.6 is 27.7 Å². The van der Waals surface area contributed by atoms with Crippen LogP contribution in [0.3, 0.4) is 0 Å². The lowest BCUT2D eigenvalue weighted by atomic mass is 10.1. The number of carbonyl (C=O) groups is 1. The van der Waals surface area contributed by atoms with Crippen LogP contribution in [0.5, 0.6) is 0 Å². The van der Waals surface area contributed by atoms with Crippen molar-refractivity contribution in [3.63, 3.8) is 0 Å². The number of alkyl halides is 1. The van der Waals surface area contributed by atoms with Gasteiger partial charge >= 0.3 is 0 Å². The maximum Gasteiger partial charge on any atom is 0.234 e. The van der Waals surface area contributed by atoms with Gasteiger partial charge in [0.25, 0.3) is 0 Å². The highest BCUT2D eigenvalue weighted by atomic mass is 79.9. The van der Waals surface area contributed by atoms with E-state index in [4.69, 9.17) is 0 Å². The van der Waals surface area contributed by atoms with Crippen molar-refractivity contribution in [3.05, 3.63) is 0 Å². The van der Waals surface area contributed by atoms with E-state index >= 15 is 0 Å². The van der Waals surface area contributed by atoms with Gasteiger partial charge < -0.3 is 5.32 Å². The van der Waals surface area contributed by atoms with Gasteiger partial charge in [-0.2, -0.15) is 11.8 Å². The molecule has 0 saturated carbocycles. The van der Waals surface area contributed by atoms with Gasteiger partial charge in [0.05, 0.1) is 4.83 Å². The second-order valence-corrected chi connectivity index (χ2v) is 6.25. The maximum atomic E-state index is 11.7. The van der Waals surface area contributed by atoms with Gasteiger partial charge in [-0.05, 0) is 30.3 Å². The summed E-state index contributed by atoms with van der Waals surface area (Å²) in [7, 11) is 0. The lowest BCUT2D eigenvalue weighted by molar-refractivity contribution is -0.121. The Labute approximate surface area is 98.7 Å². The summed E-state index contributed by atoms with van der Waals surface area (Å²) in [5, 5.41) is 3.10. The Morgan fingerprint density at radius 2 is 2.00 bits per heavy atom. The average molecular weight is 280 g/mol. The molecule has 1 heterocycles. The molecule has 1 unspecified atom stereocenters. The lowest BCUT2D eigenvalue weighted by Crippen LogP contribution is -2.42. The maximum absolute atomic E-state index is 11.7. The van der Waals surface area contributed by atoms with Crippen molar-refractivity contribution in [2.24, 2.45) is 5.92 Å². The van der Waals surface area contributed by atoms with Crippen LogP contribution in [0.15, 0.2) is 0 Å². The molecule has 14 heavy (non-hydrogen) atoms. The molecule has 4 heteroatoms. The molecule has 82 valence electrons. The monoisotopic (exact) mass is 279 g/mol. The lowest BCUT2D eigenvalue weighted by Gasteiger charge is -2.24. The molecule has 1 atom stereocenters. The van der Waals surface area contributed by atoms with E-state index in [0.717, 1.165) is 12.8 Å². The zero-order chi connectivity index (χ0) is 10.6. The zero-order valence-corrected chi connectivity index (χ0v) is 11.2. The first kappa shape index (κ1) is 12.4. The van der Waals surface area contributed by atoms with Crippen molar-refractivity contribution >= 4 is 33.6 Å². The molecule has 1 N–H and O–H groups in total. The highest BCUT2D eigenvalue weighted by Gasteiger charge is 2.22. The molecular formula is C10H18BrNOS. The first-order valence-corrected chi connectivity index (χ1v) is 7.20. The molecule has 0 aromatic carbocycles. The minimum Gasteiger partial charge on any atom is -0.352 e. The molecule has 1 amide bonds. The van der Waals surface area contributed by atoms with Gasteiger partial charge in [-0.25, -0.2) is 0 Å². The molecule has 1 rings (SSSR count). The van der Waals surface area contributed by atoms with Crippen LogP contribution in [0.25, 0.3) is 0 Å². The third-order valence-corrected chi connectivity index (χ3v) is 4.93. The molecule has 1 saturated heterocycles. The molecule has 2 nitrogen and oxygen atoms in total. The summed E-state index contributed by atoms with van der Waals surface area (Å²) in [6.07, 6.45) is 2.24. The SMILES string of the molecule is CC(C)C(Br)C(=O)NC1CCSCC1. The Bertz CT molecular complexity index is 193. The van der Waals surface area contributed by atoms with Gasteiger partial charge in [-0.1, -0.05) is 29.8 Å². The Hall–Kier alpha value is 0.300. The van der Waals surface area contributed by atoms with Gasteiger partial charge in [0.1, 0.15) is 0 Å². The number of nitrogens with one attached hydrogen (secondary N) is 1. The second-order valence-electron chi connectivity index (χ2n) is 4.04. The number of amides is 1. The first-order valence-electron chi connectivity index (χ1n) is 5.13. The van der Waals surface area contributed by atoms with Gasteiger partial charge in [-0.3, -0.25) is 4.79 Å². The minimum atomic E-state index is -0.0444. The third-order valence-electron chi connectivity index (χ3n) is 2.40. The summed E-state index contributed by atoms with van der Waals surface area (Å²) in [6, 6.07) is 0.405. The Morgan fingerprint density at radius 1 is 1.43 bits per heavy atom. The van der Waals surface area contributed by atoms with Crippen molar-refractivity contribution in [2.45, 2.75) is 37.6 Å². The predicted molar refractivity (Wildman–Crippen MR) is 66.0 cm³/mol. The number of thioether (sulfide) groups is 1. The van der Waals surface area contributed by atoms with Crippen LogP contribution < -0.4 is 5.32 Å². The summed E-state index contributed by atoms with van der Waals surface area (Å²) in [5.41, 5.74) is 0. The van der Waals surface area contributed by atoms with Crippen LogP contribution in [0, 0.1) is 5.92 Å². The Balaban J connectivity index is 2.31. The molecule has 1 aliphatic heterocycles. The van der Waals surface area contributed by atoms with Crippen molar-refractivity contribution in [3.8, 4) is 0 Å². The topological polar surface area (TPSA) is 29.1 Å². The summed E-state index contributed by atoms with van der Waals surface area (Å²) in [5.74, 6) is 2.86. The molecule has 0 radical (unpaired) electrons. The normalized spacial score (nSPS) is 20.9. The number of halogens is 1. The van der Waals surface area contributed by atoms with Crippen molar-refractivity contribution in [1.29, 1.82) is 0 Å². The molecule has 0 aromatic heterocycles. The number of hydrogen-bond acceptors (Lipinski definition) is 2. The summed E-state index contributed by atoms with van der Waals surface area (Å²) in [6.45, 7) is 4.10. The van der Waals surface area contributed by atoms with E-state index in [0.29, 0.717) is 12.0 Å². The van der Waals surface area contributed by atoms with Crippen LogP contribution in [-0.2, 0) is 4.79 Å². The highest BCUT2D eigenvalue weighted by Crippen LogP contribution is 2.18. The van der Waals surface area contributed by atoms with E-state index in [1.807, 2.05) is 11.8 Å². The molecule has 0 aliphatic carbocycles. The van der Waals surface area contributed by atoms with Crippen LogP contribution in [0.1, 0.15) is 26.7 Å². The average Bonchev–Trinajstić information content (AvgIpc) is 2.18. The van der Waals surface area contributed by atoms with Gasteiger partial charge in [-0.15, -0.1) is 0 Å². The van der Waals surface area contributed by atoms with E-state index in [2.05, 4.69) is 35.1 Å². The molecule has 0 spiro atoms. The summed E-state index contributed by atoms with van der Waals surface area (Å²) in [4.78, 5) is 11.6. The van der Waals surface area contributed by atoms with Crippen molar-refractivity contribution in [2.75, 3.05) is 11.5 Å². The quantitative estimate of drug-likeness (QED) is 0.804. The van der Waals surface area contributed by atoms with E-state index in [9.17, 15) is 4.79 Å². The van der Waals surface area contributed by atoms with Gasteiger partial charge in [0, 0.05) is 6.04 Å². The largest absolute Gasteiger partial charge is 0.352 e. The number of rotatable bonds is 3. The fourth-order valence-electron chi connectivity index (χ4n) is 1.43. The summed E-state index contributed by atoms with van der Waals surface area (Å²) >= 11 is 5.39. The highest BCUT2D eigenvalue weighted by molar-refractivity contribution is 9.10. The number of carbonyl (C=O) groups excluding carboxylic acids is 1. The van der Waals surface area contributed by atoms with E-state index in [1.165, 1.54) is 11.5 Å². The first-order chi connectivity index (χ1) is 6.61. The third kappa shape index (κ3) is 3.81.